The zero-order valence-corrected chi connectivity index (χ0v) is 18.2. The lowest BCUT2D eigenvalue weighted by atomic mass is 10.1. The Hall–Kier alpha value is -3.89. The highest BCUT2D eigenvalue weighted by Gasteiger charge is 2.31. The molecule has 0 aliphatic carbocycles. The van der Waals surface area contributed by atoms with Crippen LogP contribution in [0, 0.1) is 0 Å². The number of alkyl halides is 3. The molecule has 2 aromatic heterocycles. The molecule has 1 atom stereocenters. The molecule has 8 nitrogen and oxygen atoms in total. The molecule has 1 amide bonds. The molecule has 0 bridgehead atoms. The third-order valence-corrected chi connectivity index (χ3v) is 5.79. The van der Waals surface area contributed by atoms with Gasteiger partial charge in [-0.1, -0.05) is 0 Å². The van der Waals surface area contributed by atoms with Crippen LogP contribution in [0.3, 0.4) is 0 Å². The normalized spacial score (nSPS) is 16.9. The number of benzene rings is 2. The molecule has 11 heteroatoms. The van der Waals surface area contributed by atoms with Gasteiger partial charge in [0.15, 0.2) is 11.5 Å². The largest absolute Gasteiger partial charge is 0.497 e. The van der Waals surface area contributed by atoms with Crippen LogP contribution in [0.2, 0.25) is 0 Å². The van der Waals surface area contributed by atoms with E-state index in [0.717, 1.165) is 25.0 Å². The molecule has 176 valence electrons. The fourth-order valence-electron chi connectivity index (χ4n) is 3.97. The van der Waals surface area contributed by atoms with E-state index >= 15 is 0 Å². The van der Waals surface area contributed by atoms with E-state index in [-0.39, 0.29) is 22.9 Å². The molecule has 0 saturated carbocycles. The number of hydrogen-bond donors (Lipinski definition) is 2. The minimum atomic E-state index is -4.51. The van der Waals surface area contributed by atoms with Crippen LogP contribution in [0.5, 0.6) is 5.75 Å². The number of aromatic nitrogens is 4. The Labute approximate surface area is 192 Å². The Bertz CT molecular complexity index is 1370. The molecule has 5 rings (SSSR count). The first-order chi connectivity index (χ1) is 16.3. The number of carbonyl (C=O) groups is 1. The third-order valence-electron chi connectivity index (χ3n) is 5.79. The van der Waals surface area contributed by atoms with E-state index in [4.69, 9.17) is 4.74 Å². The monoisotopic (exact) mass is 470 g/mol. The lowest BCUT2D eigenvalue weighted by Gasteiger charge is -2.17. The summed E-state index contributed by atoms with van der Waals surface area (Å²) in [6.07, 6.45) is -2.20. The van der Waals surface area contributed by atoms with Crippen LogP contribution in [-0.2, 0) is 11.0 Å². The van der Waals surface area contributed by atoms with Gasteiger partial charge in [-0.25, -0.2) is 9.97 Å². The minimum absolute atomic E-state index is 0.157. The molecular formula is C23H21F3N6O2. The van der Waals surface area contributed by atoms with E-state index in [1.807, 2.05) is 0 Å². The molecule has 2 aromatic carbocycles. The van der Waals surface area contributed by atoms with Crippen LogP contribution in [0.15, 0.2) is 42.5 Å². The second kappa shape index (κ2) is 8.47. The summed E-state index contributed by atoms with van der Waals surface area (Å²) >= 11 is 0. The second-order valence-electron chi connectivity index (χ2n) is 8.05. The predicted octanol–water partition coefficient (Wildman–Crippen LogP) is 4.05. The molecule has 4 aromatic rings. The van der Waals surface area contributed by atoms with Crippen molar-refractivity contribution in [1.82, 2.24) is 24.9 Å². The van der Waals surface area contributed by atoms with Gasteiger partial charge < -0.3 is 15.4 Å². The average molecular weight is 470 g/mol. The Balaban J connectivity index is 1.68. The maximum absolute atomic E-state index is 13.4. The molecule has 1 fully saturated rings. The summed E-state index contributed by atoms with van der Waals surface area (Å²) in [5.41, 5.74) is 0.369. The van der Waals surface area contributed by atoms with Crippen molar-refractivity contribution in [2.75, 3.05) is 19.0 Å². The zero-order chi connectivity index (χ0) is 23.9. The Morgan fingerprint density at radius 2 is 1.91 bits per heavy atom. The molecule has 1 aliphatic heterocycles. The lowest BCUT2D eigenvalue weighted by Crippen LogP contribution is -2.38. The number of anilines is 1. The van der Waals surface area contributed by atoms with Gasteiger partial charge in [-0.3, -0.25) is 4.79 Å². The van der Waals surface area contributed by atoms with Crippen molar-refractivity contribution >= 4 is 28.4 Å². The van der Waals surface area contributed by atoms with Crippen molar-refractivity contribution in [3.63, 3.8) is 0 Å². The molecule has 0 spiro atoms. The molecule has 0 unspecified atom stereocenters. The van der Waals surface area contributed by atoms with Gasteiger partial charge in [-0.05, 0) is 61.7 Å². The number of carbonyl (C=O) groups excluding carboxylic acids is 1. The average Bonchev–Trinajstić information content (AvgIpc) is 3.18. The first-order valence-electron chi connectivity index (χ1n) is 10.8. The maximum atomic E-state index is 13.4. The highest BCUT2D eigenvalue weighted by molar-refractivity contribution is 5.94. The fourth-order valence-corrected chi connectivity index (χ4v) is 3.97. The quantitative estimate of drug-likeness (QED) is 0.468. The fraction of sp³-hybridized carbons (Fsp3) is 0.304. The van der Waals surface area contributed by atoms with Gasteiger partial charge in [0.05, 0.1) is 18.2 Å². The number of methoxy groups -OCH3 is 1. The number of hydrogen-bond acceptors (Lipinski definition) is 6. The Morgan fingerprint density at radius 3 is 2.65 bits per heavy atom. The van der Waals surface area contributed by atoms with Crippen LogP contribution in [0.1, 0.15) is 24.8 Å². The zero-order valence-electron chi connectivity index (χ0n) is 18.2. The van der Waals surface area contributed by atoms with Crippen LogP contribution in [0.4, 0.5) is 19.1 Å². The van der Waals surface area contributed by atoms with Gasteiger partial charge in [0.25, 0.3) is 0 Å². The summed E-state index contributed by atoms with van der Waals surface area (Å²) in [7, 11) is 1.55. The molecule has 3 heterocycles. The number of ether oxygens (including phenoxy) is 1. The number of nitrogens with one attached hydrogen (secondary N) is 2. The number of amides is 1. The van der Waals surface area contributed by atoms with Crippen molar-refractivity contribution in [3.8, 4) is 17.1 Å². The molecule has 34 heavy (non-hydrogen) atoms. The van der Waals surface area contributed by atoms with E-state index < -0.39 is 17.8 Å². The maximum Gasteiger partial charge on any atom is 0.416 e. The Kier molecular flexibility index (Phi) is 5.46. The van der Waals surface area contributed by atoms with Gasteiger partial charge in [0, 0.05) is 17.5 Å². The summed E-state index contributed by atoms with van der Waals surface area (Å²) < 4.78 is 46.7. The first kappa shape index (κ1) is 21.9. The number of fused-ring (bicyclic) bond motifs is 3. The summed E-state index contributed by atoms with van der Waals surface area (Å²) in [5.74, 6) is 1.03. The van der Waals surface area contributed by atoms with Crippen molar-refractivity contribution in [2.24, 2.45) is 0 Å². The smallest absolute Gasteiger partial charge is 0.416 e. The lowest BCUT2D eigenvalue weighted by molar-refractivity contribution is -0.137. The summed E-state index contributed by atoms with van der Waals surface area (Å²) in [6.45, 7) is 0.600. The van der Waals surface area contributed by atoms with Crippen LogP contribution >= 0.6 is 0 Å². The van der Waals surface area contributed by atoms with Gasteiger partial charge in [-0.2, -0.15) is 17.7 Å². The standard InChI is InChI=1S/C23H21F3N6O2/c1-34-15-8-5-13(6-9-15)19-30-20-16-12-14(23(24,25)26)7-10-17(16)28-22(32(20)31-19)29-18-4-2-3-11-27-21(18)33/h5-10,12,18H,2-4,11H2,1H3,(H,27,33)(H,28,29)/t18-/m1/s1. The van der Waals surface area contributed by atoms with E-state index in [1.54, 1.807) is 31.4 Å². The van der Waals surface area contributed by atoms with Gasteiger partial charge in [0.2, 0.25) is 11.9 Å². The van der Waals surface area contributed by atoms with Gasteiger partial charge >= 0.3 is 6.18 Å². The number of halogens is 3. The minimum Gasteiger partial charge on any atom is -0.497 e. The van der Waals surface area contributed by atoms with Crippen LogP contribution in [-0.4, -0.2) is 45.2 Å². The molecule has 0 radical (unpaired) electrons. The van der Waals surface area contributed by atoms with Crippen molar-refractivity contribution in [2.45, 2.75) is 31.5 Å². The summed E-state index contributed by atoms with van der Waals surface area (Å²) in [6, 6.07) is 9.77. The third kappa shape index (κ3) is 4.09. The van der Waals surface area contributed by atoms with Crippen LogP contribution in [0.25, 0.3) is 27.9 Å². The predicted molar refractivity (Wildman–Crippen MR) is 120 cm³/mol. The SMILES string of the molecule is COc1ccc(-c2nc3c4cc(C(F)(F)F)ccc4nc(N[C@@H]4CCCCNC4=O)n3n2)cc1. The molecule has 1 aliphatic rings. The van der Waals surface area contributed by atoms with E-state index in [1.165, 1.54) is 10.6 Å². The molecular weight excluding hydrogens is 449 g/mol. The van der Waals surface area contributed by atoms with Crippen molar-refractivity contribution in [3.05, 3.63) is 48.0 Å². The molecule has 2 N–H and O–H groups in total. The summed E-state index contributed by atoms with van der Waals surface area (Å²) in [5, 5.41) is 10.7. The number of nitrogens with zero attached hydrogens (tertiary/aromatic N) is 4. The van der Waals surface area contributed by atoms with Crippen LogP contribution < -0.4 is 15.4 Å². The Morgan fingerprint density at radius 1 is 1.12 bits per heavy atom. The van der Waals surface area contributed by atoms with Crippen molar-refractivity contribution in [1.29, 1.82) is 0 Å². The highest BCUT2D eigenvalue weighted by atomic mass is 19.4. The topological polar surface area (TPSA) is 93.4 Å². The van der Waals surface area contributed by atoms with E-state index in [2.05, 4.69) is 25.7 Å². The van der Waals surface area contributed by atoms with E-state index in [0.29, 0.717) is 35.6 Å². The van der Waals surface area contributed by atoms with Gasteiger partial charge in [0.1, 0.15) is 11.8 Å². The number of rotatable bonds is 4. The van der Waals surface area contributed by atoms with Gasteiger partial charge in [-0.15, -0.1) is 5.10 Å². The first-order valence-corrected chi connectivity index (χ1v) is 10.8. The van der Waals surface area contributed by atoms with Crippen molar-refractivity contribution < 1.29 is 22.7 Å². The second-order valence-corrected chi connectivity index (χ2v) is 8.05. The summed E-state index contributed by atoms with van der Waals surface area (Å²) in [4.78, 5) is 21.5. The highest BCUT2D eigenvalue weighted by Crippen LogP contribution is 2.33. The van der Waals surface area contributed by atoms with E-state index in [9.17, 15) is 18.0 Å². The molecule has 1 saturated heterocycles.